The summed E-state index contributed by atoms with van der Waals surface area (Å²) in [5.41, 5.74) is 1.45. The lowest BCUT2D eigenvalue weighted by atomic mass is 9.74. The number of hydrogen-bond acceptors (Lipinski definition) is 3. The molecule has 0 aliphatic carbocycles. The number of nitrogens with zero attached hydrogens (tertiary/aromatic N) is 2. The molecule has 152 valence electrons. The molecule has 0 amide bonds. The van der Waals surface area contributed by atoms with Crippen LogP contribution in [-0.4, -0.2) is 57.9 Å². The van der Waals surface area contributed by atoms with Crippen LogP contribution in [0.4, 0.5) is 0 Å². The van der Waals surface area contributed by atoms with Crippen LogP contribution >= 0.6 is 24.0 Å². The van der Waals surface area contributed by atoms with Crippen molar-refractivity contribution in [1.29, 1.82) is 0 Å². The minimum Gasteiger partial charge on any atom is -0.497 e. The second kappa shape index (κ2) is 10.5. The number of halogens is 1. The molecule has 5 nitrogen and oxygen atoms in total. The largest absolute Gasteiger partial charge is 0.497 e. The van der Waals surface area contributed by atoms with Crippen molar-refractivity contribution in [2.75, 3.05) is 47.0 Å². The summed E-state index contributed by atoms with van der Waals surface area (Å²) in [6.45, 7) is 7.05. The molecule has 0 saturated carbocycles. The van der Waals surface area contributed by atoms with Crippen LogP contribution in [0.25, 0.3) is 0 Å². The number of likely N-dealkylation sites (tertiary alicyclic amines) is 1. The Kier molecular flexibility index (Phi) is 8.66. The fourth-order valence-electron chi connectivity index (χ4n) is 4.08. The molecule has 2 aliphatic rings. The van der Waals surface area contributed by atoms with Gasteiger partial charge in [-0.05, 0) is 49.3 Å². The molecular weight excluding hydrogens is 453 g/mol. The van der Waals surface area contributed by atoms with Gasteiger partial charge in [-0.25, -0.2) is 0 Å². The van der Waals surface area contributed by atoms with Crippen LogP contribution < -0.4 is 10.1 Å². The SMILES string of the molecule is CN=C(NCC1(c2ccc(OC)cc2)CCOCC1)N1CCC(C)CC1.I. The predicted molar refractivity (Wildman–Crippen MR) is 121 cm³/mol. The smallest absolute Gasteiger partial charge is 0.193 e. The van der Waals surface area contributed by atoms with Gasteiger partial charge < -0.3 is 19.7 Å². The molecule has 2 fully saturated rings. The Labute approximate surface area is 180 Å². The van der Waals surface area contributed by atoms with Gasteiger partial charge in [-0.1, -0.05) is 19.1 Å². The summed E-state index contributed by atoms with van der Waals surface area (Å²) in [4.78, 5) is 6.96. The van der Waals surface area contributed by atoms with Crippen LogP contribution in [0.15, 0.2) is 29.3 Å². The van der Waals surface area contributed by atoms with E-state index in [1.165, 1.54) is 18.4 Å². The minimum atomic E-state index is 0. The van der Waals surface area contributed by atoms with E-state index < -0.39 is 0 Å². The Morgan fingerprint density at radius 3 is 2.41 bits per heavy atom. The molecule has 2 saturated heterocycles. The molecule has 0 atom stereocenters. The van der Waals surface area contributed by atoms with Gasteiger partial charge in [0.1, 0.15) is 5.75 Å². The van der Waals surface area contributed by atoms with E-state index in [9.17, 15) is 0 Å². The molecule has 2 heterocycles. The topological polar surface area (TPSA) is 46.1 Å². The summed E-state index contributed by atoms with van der Waals surface area (Å²) in [6.07, 6.45) is 4.55. The molecule has 27 heavy (non-hydrogen) atoms. The third-order valence-corrected chi connectivity index (χ3v) is 6.03. The molecule has 0 bridgehead atoms. The van der Waals surface area contributed by atoms with Crippen LogP contribution in [0.2, 0.25) is 0 Å². The first kappa shape index (κ1) is 22.3. The molecule has 2 aliphatic heterocycles. The minimum absolute atomic E-state index is 0. The maximum absolute atomic E-state index is 5.66. The van der Waals surface area contributed by atoms with Gasteiger partial charge in [0.05, 0.1) is 7.11 Å². The van der Waals surface area contributed by atoms with Gasteiger partial charge in [0.25, 0.3) is 0 Å². The maximum atomic E-state index is 5.66. The van der Waals surface area contributed by atoms with E-state index in [0.717, 1.165) is 63.3 Å². The van der Waals surface area contributed by atoms with E-state index in [1.54, 1.807) is 7.11 Å². The third-order valence-electron chi connectivity index (χ3n) is 6.03. The number of methoxy groups -OCH3 is 1. The second-order valence-electron chi connectivity index (χ2n) is 7.69. The predicted octanol–water partition coefficient (Wildman–Crippen LogP) is 3.67. The summed E-state index contributed by atoms with van der Waals surface area (Å²) in [5, 5.41) is 3.68. The molecule has 0 radical (unpaired) electrons. The van der Waals surface area contributed by atoms with Gasteiger partial charge in [-0.3, -0.25) is 4.99 Å². The van der Waals surface area contributed by atoms with E-state index in [1.807, 2.05) is 7.05 Å². The Balaban J connectivity index is 0.00000261. The van der Waals surface area contributed by atoms with Gasteiger partial charge in [0.15, 0.2) is 5.96 Å². The normalized spacial score (nSPS) is 20.7. The van der Waals surface area contributed by atoms with Crippen molar-refractivity contribution in [3.05, 3.63) is 29.8 Å². The first-order valence-electron chi connectivity index (χ1n) is 9.85. The van der Waals surface area contributed by atoms with Crippen molar-refractivity contribution < 1.29 is 9.47 Å². The van der Waals surface area contributed by atoms with Crippen molar-refractivity contribution in [2.45, 2.75) is 38.0 Å². The van der Waals surface area contributed by atoms with Gasteiger partial charge in [0, 0.05) is 45.3 Å². The first-order valence-corrected chi connectivity index (χ1v) is 9.85. The Bertz CT molecular complexity index is 592. The summed E-state index contributed by atoms with van der Waals surface area (Å²) < 4.78 is 11.0. The Hall–Kier alpha value is -1.02. The van der Waals surface area contributed by atoms with Crippen molar-refractivity contribution in [3.63, 3.8) is 0 Å². The molecule has 6 heteroatoms. The van der Waals surface area contributed by atoms with Crippen LogP contribution in [0.5, 0.6) is 5.75 Å². The summed E-state index contributed by atoms with van der Waals surface area (Å²) >= 11 is 0. The molecule has 0 aromatic heterocycles. The highest BCUT2D eigenvalue weighted by Gasteiger charge is 2.35. The van der Waals surface area contributed by atoms with E-state index in [4.69, 9.17) is 9.47 Å². The number of rotatable bonds is 4. The lowest BCUT2D eigenvalue weighted by Gasteiger charge is -2.40. The standard InChI is InChI=1S/C21H33N3O2.HI/c1-17-8-12-24(13-9-17)20(22-2)23-16-21(10-14-26-15-11-21)18-4-6-19(25-3)7-5-18;/h4-7,17H,8-16H2,1-3H3,(H,22,23);1H. The number of ether oxygens (including phenoxy) is 2. The molecule has 0 unspecified atom stereocenters. The molecule has 1 aromatic rings. The number of hydrogen-bond donors (Lipinski definition) is 1. The monoisotopic (exact) mass is 487 g/mol. The molecule has 0 spiro atoms. The quantitative estimate of drug-likeness (QED) is 0.400. The van der Waals surface area contributed by atoms with Crippen molar-refractivity contribution in [1.82, 2.24) is 10.2 Å². The average Bonchev–Trinajstić information content (AvgIpc) is 2.70. The van der Waals surface area contributed by atoms with E-state index in [-0.39, 0.29) is 29.4 Å². The van der Waals surface area contributed by atoms with Crippen LogP contribution in [0.3, 0.4) is 0 Å². The van der Waals surface area contributed by atoms with Gasteiger partial charge in [0.2, 0.25) is 0 Å². The lowest BCUT2D eigenvalue weighted by molar-refractivity contribution is 0.0511. The fraction of sp³-hybridized carbons (Fsp3) is 0.667. The third kappa shape index (κ3) is 5.50. The number of benzene rings is 1. The molecule has 3 rings (SSSR count). The average molecular weight is 487 g/mol. The highest BCUT2D eigenvalue weighted by atomic mass is 127. The van der Waals surface area contributed by atoms with Gasteiger partial charge in [-0.15, -0.1) is 24.0 Å². The summed E-state index contributed by atoms with van der Waals surface area (Å²) in [6, 6.07) is 8.54. The first-order chi connectivity index (χ1) is 12.7. The number of nitrogens with one attached hydrogen (secondary N) is 1. The Morgan fingerprint density at radius 2 is 1.85 bits per heavy atom. The maximum Gasteiger partial charge on any atom is 0.193 e. The van der Waals surface area contributed by atoms with Gasteiger partial charge >= 0.3 is 0 Å². The van der Waals surface area contributed by atoms with Crippen LogP contribution in [0, 0.1) is 5.92 Å². The molecular formula is C21H34IN3O2. The number of piperidine rings is 1. The zero-order chi connectivity index (χ0) is 18.4. The number of aliphatic imine (C=N–C) groups is 1. The van der Waals surface area contributed by atoms with Crippen molar-refractivity contribution in [3.8, 4) is 5.75 Å². The van der Waals surface area contributed by atoms with Gasteiger partial charge in [-0.2, -0.15) is 0 Å². The summed E-state index contributed by atoms with van der Waals surface area (Å²) in [5.74, 6) is 2.77. The summed E-state index contributed by atoms with van der Waals surface area (Å²) in [7, 11) is 3.61. The highest BCUT2D eigenvalue weighted by Crippen LogP contribution is 2.35. The van der Waals surface area contributed by atoms with Crippen molar-refractivity contribution >= 4 is 29.9 Å². The van der Waals surface area contributed by atoms with E-state index >= 15 is 0 Å². The molecule has 1 aromatic carbocycles. The fourth-order valence-corrected chi connectivity index (χ4v) is 4.08. The zero-order valence-corrected chi connectivity index (χ0v) is 19.2. The molecule has 1 N–H and O–H groups in total. The highest BCUT2D eigenvalue weighted by molar-refractivity contribution is 14.0. The number of guanidine groups is 1. The Morgan fingerprint density at radius 1 is 1.22 bits per heavy atom. The van der Waals surface area contributed by atoms with Crippen LogP contribution in [0.1, 0.15) is 38.2 Å². The van der Waals surface area contributed by atoms with E-state index in [2.05, 4.69) is 46.4 Å². The zero-order valence-electron chi connectivity index (χ0n) is 16.9. The lowest BCUT2D eigenvalue weighted by Crippen LogP contribution is -2.51. The van der Waals surface area contributed by atoms with Crippen LogP contribution in [-0.2, 0) is 10.2 Å². The van der Waals surface area contributed by atoms with E-state index in [0.29, 0.717) is 0 Å². The van der Waals surface area contributed by atoms with Crippen molar-refractivity contribution in [2.24, 2.45) is 10.9 Å². The second-order valence-corrected chi connectivity index (χ2v) is 7.69.